The summed E-state index contributed by atoms with van der Waals surface area (Å²) in [5.41, 5.74) is 6.80. The molecule has 0 aliphatic heterocycles. The largest absolute Gasteiger partial charge is 0.483 e. The predicted molar refractivity (Wildman–Crippen MR) is 108 cm³/mol. The highest BCUT2D eigenvalue weighted by molar-refractivity contribution is 5.84. The Morgan fingerprint density at radius 3 is 2.48 bits per heavy atom. The summed E-state index contributed by atoms with van der Waals surface area (Å²) >= 11 is 0. The van der Waals surface area contributed by atoms with Gasteiger partial charge in [-0.3, -0.25) is 4.79 Å². The molecule has 3 aromatic carbocycles. The van der Waals surface area contributed by atoms with Crippen LogP contribution in [0.3, 0.4) is 0 Å². The molecule has 27 heavy (non-hydrogen) atoms. The Kier molecular flexibility index (Phi) is 6.36. The molecule has 0 fully saturated rings. The van der Waals surface area contributed by atoms with Gasteiger partial charge in [-0.05, 0) is 35.2 Å². The molecule has 0 radical (unpaired) electrons. The second-order valence-electron chi connectivity index (χ2n) is 6.21. The highest BCUT2D eigenvalue weighted by Crippen LogP contribution is 2.21. The van der Waals surface area contributed by atoms with Crippen molar-refractivity contribution in [1.29, 1.82) is 0 Å². The maximum atomic E-state index is 12.0. The summed E-state index contributed by atoms with van der Waals surface area (Å²) in [5.74, 6) is 0.411. The van der Waals surface area contributed by atoms with Crippen LogP contribution in [0.15, 0.2) is 84.0 Å². The van der Waals surface area contributed by atoms with Crippen LogP contribution >= 0.6 is 0 Å². The van der Waals surface area contributed by atoms with Crippen LogP contribution in [0.1, 0.15) is 22.3 Å². The van der Waals surface area contributed by atoms with Gasteiger partial charge in [0.05, 0.1) is 6.21 Å². The van der Waals surface area contributed by atoms with Crippen molar-refractivity contribution in [3.8, 4) is 5.75 Å². The van der Waals surface area contributed by atoms with Gasteiger partial charge < -0.3 is 4.74 Å². The summed E-state index contributed by atoms with van der Waals surface area (Å²) in [7, 11) is 0. The fourth-order valence-electron chi connectivity index (χ4n) is 2.69. The number of para-hydroxylation sites is 1. The fourth-order valence-corrected chi connectivity index (χ4v) is 2.69. The molecule has 0 saturated carbocycles. The highest BCUT2D eigenvalue weighted by Gasteiger charge is 2.07. The fraction of sp³-hybridized carbons (Fsp3) is 0.130. The van der Waals surface area contributed by atoms with Crippen molar-refractivity contribution >= 4 is 12.1 Å². The van der Waals surface area contributed by atoms with E-state index >= 15 is 0 Å². The molecule has 0 unspecified atom stereocenters. The molecule has 0 saturated heterocycles. The van der Waals surface area contributed by atoms with Gasteiger partial charge in [0.25, 0.3) is 5.91 Å². The zero-order valence-electron chi connectivity index (χ0n) is 15.3. The van der Waals surface area contributed by atoms with E-state index < -0.39 is 0 Å². The average molecular weight is 358 g/mol. The van der Waals surface area contributed by atoms with E-state index in [1.54, 1.807) is 6.21 Å². The first-order valence-electron chi connectivity index (χ1n) is 8.84. The Bertz CT molecular complexity index is 920. The van der Waals surface area contributed by atoms with Gasteiger partial charge in [-0.1, -0.05) is 72.8 Å². The number of aryl methyl sites for hydroxylation is 1. The summed E-state index contributed by atoms with van der Waals surface area (Å²) in [5, 5.41) is 4.00. The second-order valence-corrected chi connectivity index (χ2v) is 6.21. The highest BCUT2D eigenvalue weighted by atomic mass is 16.5. The third-order valence-electron chi connectivity index (χ3n) is 4.15. The summed E-state index contributed by atoms with van der Waals surface area (Å²) in [6, 6.07) is 25.8. The first kappa shape index (κ1) is 18.4. The van der Waals surface area contributed by atoms with E-state index in [2.05, 4.69) is 22.7 Å². The van der Waals surface area contributed by atoms with Crippen molar-refractivity contribution in [3.05, 3.63) is 101 Å². The normalized spacial score (nSPS) is 10.7. The van der Waals surface area contributed by atoms with Crippen LogP contribution in [0.4, 0.5) is 0 Å². The number of nitrogens with one attached hydrogen (secondary N) is 1. The number of carbonyl (C=O) groups is 1. The van der Waals surface area contributed by atoms with Crippen molar-refractivity contribution in [2.24, 2.45) is 5.10 Å². The Balaban J connectivity index is 1.55. The third kappa shape index (κ3) is 5.54. The minimum absolute atomic E-state index is 0.0864. The number of benzene rings is 3. The maximum Gasteiger partial charge on any atom is 0.277 e. The number of hydrogen-bond acceptors (Lipinski definition) is 3. The number of hydrogen-bond donors (Lipinski definition) is 1. The van der Waals surface area contributed by atoms with Gasteiger partial charge in [0.1, 0.15) is 5.75 Å². The van der Waals surface area contributed by atoms with E-state index in [1.807, 2.05) is 73.7 Å². The van der Waals surface area contributed by atoms with E-state index in [-0.39, 0.29) is 12.5 Å². The zero-order chi connectivity index (χ0) is 18.9. The van der Waals surface area contributed by atoms with E-state index in [4.69, 9.17) is 4.74 Å². The molecule has 0 spiro atoms. The van der Waals surface area contributed by atoms with Crippen molar-refractivity contribution in [2.75, 3.05) is 6.61 Å². The van der Waals surface area contributed by atoms with E-state index in [0.717, 1.165) is 23.1 Å². The van der Waals surface area contributed by atoms with Gasteiger partial charge in [0, 0.05) is 6.42 Å². The molecule has 1 amide bonds. The molecule has 0 aromatic heterocycles. The summed E-state index contributed by atoms with van der Waals surface area (Å²) < 4.78 is 5.71. The molecule has 1 N–H and O–H groups in total. The van der Waals surface area contributed by atoms with Gasteiger partial charge in [0.15, 0.2) is 6.61 Å². The summed E-state index contributed by atoms with van der Waals surface area (Å²) in [4.78, 5) is 12.0. The lowest BCUT2D eigenvalue weighted by Crippen LogP contribution is -2.24. The molecule has 4 nitrogen and oxygen atoms in total. The molecule has 0 aliphatic carbocycles. The van der Waals surface area contributed by atoms with E-state index in [9.17, 15) is 4.79 Å². The first-order valence-corrected chi connectivity index (χ1v) is 8.84. The standard InChI is InChI=1S/C23H22N2O2/c1-18-9-5-6-13-21(18)16-24-25-23(26)17-27-22-14-8-7-12-20(22)15-19-10-3-2-4-11-19/h2-14,16H,15,17H2,1H3,(H,25,26)/b24-16-. The van der Waals surface area contributed by atoms with Gasteiger partial charge >= 0.3 is 0 Å². The van der Waals surface area contributed by atoms with Crippen LogP contribution < -0.4 is 10.2 Å². The Morgan fingerprint density at radius 1 is 0.963 bits per heavy atom. The second kappa shape index (κ2) is 9.34. The number of amides is 1. The number of ether oxygens (including phenoxy) is 1. The number of hydrazone groups is 1. The molecule has 0 bridgehead atoms. The van der Waals surface area contributed by atoms with Crippen molar-refractivity contribution in [2.45, 2.75) is 13.3 Å². The van der Waals surface area contributed by atoms with Crippen molar-refractivity contribution in [1.82, 2.24) is 5.43 Å². The van der Waals surface area contributed by atoms with E-state index in [0.29, 0.717) is 5.75 Å². The Labute approximate surface area is 159 Å². The van der Waals surface area contributed by atoms with Crippen LogP contribution in [0.2, 0.25) is 0 Å². The molecule has 3 aromatic rings. The topological polar surface area (TPSA) is 50.7 Å². The monoisotopic (exact) mass is 358 g/mol. The van der Waals surface area contributed by atoms with Crippen LogP contribution in [-0.2, 0) is 11.2 Å². The molecule has 0 heterocycles. The Morgan fingerprint density at radius 2 is 1.67 bits per heavy atom. The lowest BCUT2D eigenvalue weighted by atomic mass is 10.0. The van der Waals surface area contributed by atoms with Crippen molar-refractivity contribution in [3.63, 3.8) is 0 Å². The summed E-state index contributed by atoms with van der Waals surface area (Å²) in [6.07, 6.45) is 2.39. The molecule has 0 aliphatic rings. The molecular weight excluding hydrogens is 336 g/mol. The predicted octanol–water partition coefficient (Wildman–Crippen LogP) is 4.11. The lowest BCUT2D eigenvalue weighted by Gasteiger charge is -2.11. The number of rotatable bonds is 7. The quantitative estimate of drug-likeness (QED) is 0.510. The van der Waals surface area contributed by atoms with Crippen LogP contribution in [0, 0.1) is 6.92 Å². The minimum Gasteiger partial charge on any atom is -0.483 e. The summed E-state index contributed by atoms with van der Waals surface area (Å²) in [6.45, 7) is 1.91. The molecule has 3 rings (SSSR count). The smallest absolute Gasteiger partial charge is 0.277 e. The van der Waals surface area contributed by atoms with Gasteiger partial charge in [-0.25, -0.2) is 5.43 Å². The molecule has 0 atom stereocenters. The SMILES string of the molecule is Cc1ccccc1/C=N\NC(=O)COc1ccccc1Cc1ccccc1. The minimum atomic E-state index is -0.297. The van der Waals surface area contributed by atoms with Gasteiger partial charge in [0.2, 0.25) is 0 Å². The van der Waals surface area contributed by atoms with E-state index in [1.165, 1.54) is 5.56 Å². The van der Waals surface area contributed by atoms with Crippen LogP contribution in [0.5, 0.6) is 5.75 Å². The van der Waals surface area contributed by atoms with Gasteiger partial charge in [-0.2, -0.15) is 5.10 Å². The number of nitrogens with zero attached hydrogens (tertiary/aromatic N) is 1. The average Bonchev–Trinajstić information content (AvgIpc) is 2.70. The Hall–Kier alpha value is -3.40. The number of carbonyl (C=O) groups excluding carboxylic acids is 1. The third-order valence-corrected chi connectivity index (χ3v) is 4.15. The van der Waals surface area contributed by atoms with Crippen LogP contribution in [0.25, 0.3) is 0 Å². The molecule has 136 valence electrons. The van der Waals surface area contributed by atoms with Crippen molar-refractivity contribution < 1.29 is 9.53 Å². The lowest BCUT2D eigenvalue weighted by molar-refractivity contribution is -0.123. The maximum absolute atomic E-state index is 12.0. The van der Waals surface area contributed by atoms with Gasteiger partial charge in [-0.15, -0.1) is 0 Å². The first-order chi connectivity index (χ1) is 13.2. The molecule has 4 heteroatoms. The molecular formula is C23H22N2O2. The van der Waals surface area contributed by atoms with Crippen LogP contribution in [-0.4, -0.2) is 18.7 Å². The zero-order valence-corrected chi connectivity index (χ0v) is 15.3.